The van der Waals surface area contributed by atoms with Crippen LogP contribution in [0, 0.1) is 0 Å². The second kappa shape index (κ2) is 13.4. The summed E-state index contributed by atoms with van der Waals surface area (Å²) >= 11 is 0. The molecule has 36 heavy (non-hydrogen) atoms. The molecule has 2 fully saturated rings. The summed E-state index contributed by atoms with van der Waals surface area (Å²) in [4.78, 5) is 43.3. The number of nitrogens with zero attached hydrogens (tertiary/aromatic N) is 2. The summed E-state index contributed by atoms with van der Waals surface area (Å²) in [5.41, 5.74) is 0.868. The second-order valence-corrected chi connectivity index (χ2v) is 9.82. The van der Waals surface area contributed by atoms with Gasteiger partial charge in [0.2, 0.25) is 11.8 Å². The van der Waals surface area contributed by atoms with Crippen LogP contribution in [0.15, 0.2) is 18.2 Å². The first kappa shape index (κ1) is 27.6. The molecule has 1 aromatic rings. The van der Waals surface area contributed by atoms with Crippen LogP contribution >= 0.6 is 0 Å². The Hall–Kier alpha value is -2.97. The zero-order valence-electron chi connectivity index (χ0n) is 22.2. The molecular formula is C27H42N4O5. The number of piperazine rings is 1. The lowest BCUT2D eigenvalue weighted by atomic mass is 9.95. The molecule has 2 N–H and O–H groups in total. The summed E-state index contributed by atoms with van der Waals surface area (Å²) in [5.74, 6) is 1.05. The fourth-order valence-corrected chi connectivity index (χ4v) is 5.28. The predicted molar refractivity (Wildman–Crippen MR) is 138 cm³/mol. The third-order valence-electron chi connectivity index (χ3n) is 7.24. The SMILES string of the molecule is CCCC[C@H]1C(=O)N(Cc2cc(OC)cc(OC)c2)CC(CC(=O)NC)N1C(=O)NC1CCCCC1. The Morgan fingerprint density at radius 3 is 2.31 bits per heavy atom. The lowest BCUT2D eigenvalue weighted by molar-refractivity contribution is -0.145. The molecule has 9 nitrogen and oxygen atoms in total. The van der Waals surface area contributed by atoms with Gasteiger partial charge in [-0.2, -0.15) is 0 Å². The molecule has 2 atom stereocenters. The maximum absolute atomic E-state index is 13.8. The maximum Gasteiger partial charge on any atom is 0.318 e. The van der Waals surface area contributed by atoms with Crippen LogP contribution in [0.5, 0.6) is 11.5 Å². The van der Waals surface area contributed by atoms with Gasteiger partial charge in [-0.3, -0.25) is 9.59 Å². The number of methoxy groups -OCH3 is 2. The van der Waals surface area contributed by atoms with Gasteiger partial charge in [0.05, 0.1) is 20.3 Å². The fourth-order valence-electron chi connectivity index (χ4n) is 5.28. The molecule has 4 amide bonds. The number of hydrogen-bond donors (Lipinski definition) is 2. The molecule has 0 radical (unpaired) electrons. The third kappa shape index (κ3) is 7.04. The van der Waals surface area contributed by atoms with Crippen molar-refractivity contribution in [3.05, 3.63) is 23.8 Å². The van der Waals surface area contributed by atoms with Crippen LogP contribution in [0.3, 0.4) is 0 Å². The van der Waals surface area contributed by atoms with Crippen molar-refractivity contribution in [3.63, 3.8) is 0 Å². The molecule has 200 valence electrons. The molecule has 0 aromatic heterocycles. The van der Waals surface area contributed by atoms with Crippen LogP contribution in [-0.4, -0.2) is 73.6 Å². The normalized spacial score (nSPS) is 20.7. The van der Waals surface area contributed by atoms with Gasteiger partial charge >= 0.3 is 6.03 Å². The monoisotopic (exact) mass is 502 g/mol. The number of carbonyl (C=O) groups excluding carboxylic acids is 3. The molecule has 1 saturated heterocycles. The van der Waals surface area contributed by atoms with Crippen molar-refractivity contribution in [2.45, 2.75) is 89.4 Å². The highest BCUT2D eigenvalue weighted by Gasteiger charge is 2.43. The van der Waals surface area contributed by atoms with E-state index in [0.717, 1.165) is 44.1 Å². The van der Waals surface area contributed by atoms with Crippen LogP contribution in [0.4, 0.5) is 4.79 Å². The zero-order chi connectivity index (χ0) is 26.1. The minimum atomic E-state index is -0.607. The van der Waals surface area contributed by atoms with Crippen LogP contribution in [0.25, 0.3) is 0 Å². The van der Waals surface area contributed by atoms with Crippen LogP contribution < -0.4 is 20.1 Å². The first-order chi connectivity index (χ1) is 17.4. The van der Waals surface area contributed by atoms with Gasteiger partial charge in [-0.1, -0.05) is 39.0 Å². The summed E-state index contributed by atoms with van der Waals surface area (Å²) in [5, 5.41) is 5.87. The van der Waals surface area contributed by atoms with Crippen molar-refractivity contribution in [1.29, 1.82) is 0 Å². The number of rotatable bonds is 10. The minimum absolute atomic E-state index is 0.0859. The number of ether oxygens (including phenoxy) is 2. The van der Waals surface area contributed by atoms with E-state index in [1.165, 1.54) is 6.42 Å². The van der Waals surface area contributed by atoms with Crippen molar-refractivity contribution in [1.82, 2.24) is 20.4 Å². The second-order valence-electron chi connectivity index (χ2n) is 9.82. The third-order valence-corrected chi connectivity index (χ3v) is 7.24. The van der Waals surface area contributed by atoms with Gasteiger partial charge < -0.3 is 29.9 Å². The van der Waals surface area contributed by atoms with Crippen molar-refractivity contribution in [2.24, 2.45) is 0 Å². The van der Waals surface area contributed by atoms with Gasteiger partial charge in [0.1, 0.15) is 17.5 Å². The van der Waals surface area contributed by atoms with E-state index in [1.54, 1.807) is 37.1 Å². The average molecular weight is 503 g/mol. The summed E-state index contributed by atoms with van der Waals surface area (Å²) < 4.78 is 10.8. The van der Waals surface area contributed by atoms with Gasteiger partial charge in [-0.15, -0.1) is 0 Å². The van der Waals surface area contributed by atoms with E-state index in [9.17, 15) is 14.4 Å². The van der Waals surface area contributed by atoms with Crippen LogP contribution in [-0.2, 0) is 16.1 Å². The molecule has 0 bridgehead atoms. The number of benzene rings is 1. The molecule has 1 aromatic carbocycles. The molecule has 1 heterocycles. The first-order valence-corrected chi connectivity index (χ1v) is 13.2. The van der Waals surface area contributed by atoms with Crippen molar-refractivity contribution in [3.8, 4) is 11.5 Å². The summed E-state index contributed by atoms with van der Waals surface area (Å²) in [7, 11) is 4.78. The molecule has 3 rings (SSSR count). The Balaban J connectivity index is 1.89. The number of nitrogens with one attached hydrogen (secondary N) is 2. The maximum atomic E-state index is 13.8. The predicted octanol–water partition coefficient (Wildman–Crippen LogP) is 3.45. The number of hydrogen-bond acceptors (Lipinski definition) is 5. The molecule has 9 heteroatoms. The van der Waals surface area contributed by atoms with Gasteiger partial charge in [0.15, 0.2) is 0 Å². The molecule has 2 aliphatic rings. The van der Waals surface area contributed by atoms with E-state index < -0.39 is 12.1 Å². The molecule has 0 spiro atoms. The highest BCUT2D eigenvalue weighted by molar-refractivity contribution is 5.89. The minimum Gasteiger partial charge on any atom is -0.497 e. The Morgan fingerprint density at radius 2 is 1.72 bits per heavy atom. The Morgan fingerprint density at radius 1 is 1.06 bits per heavy atom. The van der Waals surface area contributed by atoms with E-state index >= 15 is 0 Å². The van der Waals surface area contributed by atoms with Crippen molar-refractivity contribution >= 4 is 17.8 Å². The Labute approximate surface area is 214 Å². The van der Waals surface area contributed by atoms with Crippen molar-refractivity contribution in [2.75, 3.05) is 27.8 Å². The standard InChI is InChI=1S/C27H42N4O5/c1-5-6-12-24-26(33)30(17-19-13-22(35-3)16-23(14-19)36-4)18-21(15-25(32)28-2)31(24)27(34)29-20-10-8-7-9-11-20/h13-14,16,20-21,24H,5-12,15,17-18H2,1-4H3,(H,28,32)(H,29,34)/t21?,24-/m0/s1. The molecular weight excluding hydrogens is 460 g/mol. The Bertz CT molecular complexity index is 880. The van der Waals surface area contributed by atoms with Gasteiger partial charge in [0, 0.05) is 38.7 Å². The molecule has 1 unspecified atom stereocenters. The number of amides is 4. The zero-order valence-corrected chi connectivity index (χ0v) is 22.2. The van der Waals surface area contributed by atoms with E-state index in [-0.39, 0.29) is 36.9 Å². The topological polar surface area (TPSA) is 100 Å². The van der Waals surface area contributed by atoms with E-state index in [4.69, 9.17) is 9.47 Å². The van der Waals surface area contributed by atoms with Crippen molar-refractivity contribution < 1.29 is 23.9 Å². The lowest BCUT2D eigenvalue weighted by Crippen LogP contribution is -2.66. The molecule has 1 aliphatic carbocycles. The lowest BCUT2D eigenvalue weighted by Gasteiger charge is -2.46. The molecule has 1 aliphatic heterocycles. The first-order valence-electron chi connectivity index (χ1n) is 13.2. The van der Waals surface area contributed by atoms with E-state index in [1.807, 2.05) is 12.1 Å². The van der Waals surface area contributed by atoms with Gasteiger partial charge in [-0.05, 0) is 37.0 Å². The van der Waals surface area contributed by atoms with Gasteiger partial charge in [-0.25, -0.2) is 4.79 Å². The molecule has 1 saturated carbocycles. The quantitative estimate of drug-likeness (QED) is 0.510. The average Bonchev–Trinajstić information content (AvgIpc) is 2.89. The Kier molecular flexibility index (Phi) is 10.3. The van der Waals surface area contributed by atoms with Crippen LogP contribution in [0.2, 0.25) is 0 Å². The highest BCUT2D eigenvalue weighted by atomic mass is 16.5. The summed E-state index contributed by atoms with van der Waals surface area (Å²) in [6.45, 7) is 2.70. The van der Waals surface area contributed by atoms with E-state index in [2.05, 4.69) is 17.6 Å². The number of carbonyl (C=O) groups is 3. The van der Waals surface area contributed by atoms with Crippen LogP contribution in [0.1, 0.15) is 70.3 Å². The summed E-state index contributed by atoms with van der Waals surface area (Å²) in [6.07, 6.45) is 7.74. The van der Waals surface area contributed by atoms with Gasteiger partial charge in [0.25, 0.3) is 0 Å². The summed E-state index contributed by atoms with van der Waals surface area (Å²) in [6, 6.07) is 4.42. The van der Waals surface area contributed by atoms with E-state index in [0.29, 0.717) is 24.5 Å². The fraction of sp³-hybridized carbons (Fsp3) is 0.667. The number of unbranched alkanes of at least 4 members (excludes halogenated alkanes) is 1. The largest absolute Gasteiger partial charge is 0.497 e. The number of urea groups is 1. The smallest absolute Gasteiger partial charge is 0.318 e. The highest BCUT2D eigenvalue weighted by Crippen LogP contribution is 2.28.